The molecule has 0 aliphatic heterocycles. The van der Waals surface area contributed by atoms with Gasteiger partial charge in [-0.15, -0.1) is 0 Å². The van der Waals surface area contributed by atoms with Crippen LogP contribution >= 0.6 is 11.6 Å². The predicted octanol–water partition coefficient (Wildman–Crippen LogP) is 3.64. The molecule has 1 heterocycles. The molecule has 1 aliphatic carbocycles. The molecule has 1 unspecified atom stereocenters. The number of nitrogens with zero attached hydrogens (tertiary/aromatic N) is 1. The van der Waals surface area contributed by atoms with E-state index in [1.807, 2.05) is 25.2 Å². The van der Waals surface area contributed by atoms with Crippen LogP contribution in [0, 0.1) is 0 Å². The van der Waals surface area contributed by atoms with Gasteiger partial charge in [-0.3, -0.25) is 0 Å². The Morgan fingerprint density at radius 3 is 3.00 bits per heavy atom. The monoisotopic (exact) mass is 262 g/mol. The first-order chi connectivity index (χ1) is 8.79. The molecular formula is C14H15ClN2O. The Morgan fingerprint density at radius 1 is 1.39 bits per heavy atom. The summed E-state index contributed by atoms with van der Waals surface area (Å²) in [5.41, 5.74) is 3.51. The van der Waals surface area contributed by atoms with E-state index in [9.17, 15) is 0 Å². The van der Waals surface area contributed by atoms with Crippen molar-refractivity contribution >= 4 is 17.5 Å². The molecule has 0 amide bonds. The van der Waals surface area contributed by atoms with Crippen LogP contribution in [0.3, 0.4) is 0 Å². The molecular weight excluding hydrogens is 248 g/mol. The number of halogens is 1. The number of benzene rings is 1. The van der Waals surface area contributed by atoms with Crippen molar-refractivity contribution in [2.24, 2.45) is 0 Å². The van der Waals surface area contributed by atoms with Gasteiger partial charge in [-0.25, -0.2) is 0 Å². The van der Waals surface area contributed by atoms with Crippen molar-refractivity contribution in [3.05, 3.63) is 46.1 Å². The third-order valence-electron chi connectivity index (χ3n) is 3.62. The average Bonchev–Trinajstić information content (AvgIpc) is 2.81. The smallest absolute Gasteiger partial charge is 0.227 e. The standard InChI is InChI=1S/C14H15ClN2O/c1-16-14-11-7-6-9(8-13(11)17-18-14)10-4-2-3-5-12(10)15/h2-5,9,16H,6-8H2,1H3. The topological polar surface area (TPSA) is 38.1 Å². The Kier molecular flexibility index (Phi) is 3.00. The lowest BCUT2D eigenvalue weighted by atomic mass is 9.83. The second kappa shape index (κ2) is 4.65. The molecule has 0 fully saturated rings. The number of aromatic nitrogens is 1. The summed E-state index contributed by atoms with van der Waals surface area (Å²) >= 11 is 6.26. The van der Waals surface area contributed by atoms with E-state index in [1.165, 1.54) is 11.1 Å². The fourth-order valence-corrected chi connectivity index (χ4v) is 2.97. The van der Waals surface area contributed by atoms with Crippen LogP contribution in [-0.2, 0) is 12.8 Å². The van der Waals surface area contributed by atoms with Crippen molar-refractivity contribution in [3.63, 3.8) is 0 Å². The Bertz CT molecular complexity index is 565. The van der Waals surface area contributed by atoms with Gasteiger partial charge in [0.15, 0.2) is 0 Å². The zero-order valence-electron chi connectivity index (χ0n) is 10.2. The van der Waals surface area contributed by atoms with E-state index in [1.54, 1.807) is 0 Å². The lowest BCUT2D eigenvalue weighted by Gasteiger charge is -2.22. The van der Waals surface area contributed by atoms with Gasteiger partial charge in [0.2, 0.25) is 5.88 Å². The third kappa shape index (κ3) is 1.89. The summed E-state index contributed by atoms with van der Waals surface area (Å²) in [6.07, 6.45) is 2.99. The number of rotatable bonds is 2. The van der Waals surface area contributed by atoms with E-state index in [4.69, 9.17) is 16.1 Å². The first-order valence-electron chi connectivity index (χ1n) is 6.19. The summed E-state index contributed by atoms with van der Waals surface area (Å²) in [6, 6.07) is 8.07. The van der Waals surface area contributed by atoms with E-state index in [0.29, 0.717) is 5.92 Å². The fourth-order valence-electron chi connectivity index (χ4n) is 2.68. The summed E-state index contributed by atoms with van der Waals surface area (Å²) < 4.78 is 5.29. The van der Waals surface area contributed by atoms with Crippen molar-refractivity contribution in [2.45, 2.75) is 25.2 Å². The molecule has 94 valence electrons. The fraction of sp³-hybridized carbons (Fsp3) is 0.357. The normalized spacial score (nSPS) is 18.4. The minimum absolute atomic E-state index is 0.445. The van der Waals surface area contributed by atoms with Crippen LogP contribution < -0.4 is 5.32 Å². The molecule has 4 heteroatoms. The summed E-state index contributed by atoms with van der Waals surface area (Å²) in [7, 11) is 1.86. The van der Waals surface area contributed by atoms with Gasteiger partial charge in [0.25, 0.3) is 0 Å². The Balaban J connectivity index is 1.89. The summed E-state index contributed by atoms with van der Waals surface area (Å²) in [4.78, 5) is 0. The molecule has 0 saturated carbocycles. The van der Waals surface area contributed by atoms with Gasteiger partial charge >= 0.3 is 0 Å². The van der Waals surface area contributed by atoms with Crippen molar-refractivity contribution in [1.29, 1.82) is 0 Å². The first-order valence-corrected chi connectivity index (χ1v) is 6.57. The zero-order chi connectivity index (χ0) is 12.5. The van der Waals surface area contributed by atoms with Gasteiger partial charge in [0, 0.05) is 24.1 Å². The van der Waals surface area contributed by atoms with Crippen LogP contribution in [0.5, 0.6) is 0 Å². The van der Waals surface area contributed by atoms with Crippen LogP contribution in [0.1, 0.15) is 29.2 Å². The lowest BCUT2D eigenvalue weighted by molar-refractivity contribution is 0.422. The number of hydrogen-bond donors (Lipinski definition) is 1. The van der Waals surface area contributed by atoms with Crippen LogP contribution in [0.4, 0.5) is 5.88 Å². The van der Waals surface area contributed by atoms with Crippen LogP contribution in [-0.4, -0.2) is 12.2 Å². The Hall–Kier alpha value is -1.48. The van der Waals surface area contributed by atoms with Gasteiger partial charge in [-0.2, -0.15) is 0 Å². The van der Waals surface area contributed by atoms with Crippen molar-refractivity contribution in [2.75, 3.05) is 12.4 Å². The first kappa shape index (κ1) is 11.6. The Labute approximate surface area is 111 Å². The van der Waals surface area contributed by atoms with E-state index < -0.39 is 0 Å². The molecule has 1 N–H and O–H groups in total. The number of nitrogens with one attached hydrogen (secondary N) is 1. The largest absolute Gasteiger partial charge is 0.357 e. The second-order valence-electron chi connectivity index (χ2n) is 4.65. The van der Waals surface area contributed by atoms with Gasteiger partial charge in [-0.1, -0.05) is 35.0 Å². The van der Waals surface area contributed by atoms with Crippen molar-refractivity contribution in [1.82, 2.24) is 5.16 Å². The highest BCUT2D eigenvalue weighted by Gasteiger charge is 2.26. The molecule has 0 bridgehead atoms. The molecule has 1 aliphatic rings. The third-order valence-corrected chi connectivity index (χ3v) is 3.97. The van der Waals surface area contributed by atoms with Gasteiger partial charge in [-0.05, 0) is 30.4 Å². The van der Waals surface area contributed by atoms with E-state index >= 15 is 0 Å². The quantitative estimate of drug-likeness (QED) is 0.898. The minimum atomic E-state index is 0.445. The molecule has 3 rings (SSSR count). The van der Waals surface area contributed by atoms with Crippen LogP contribution in [0.2, 0.25) is 5.02 Å². The number of fused-ring (bicyclic) bond motifs is 1. The zero-order valence-corrected chi connectivity index (χ0v) is 11.0. The SMILES string of the molecule is CNc1onc2c1CCC(c1ccccc1Cl)C2. The van der Waals surface area contributed by atoms with E-state index in [2.05, 4.69) is 16.5 Å². The highest BCUT2D eigenvalue weighted by atomic mass is 35.5. The number of anilines is 1. The molecule has 0 saturated heterocycles. The molecule has 18 heavy (non-hydrogen) atoms. The van der Waals surface area contributed by atoms with Gasteiger partial charge < -0.3 is 9.84 Å². The van der Waals surface area contributed by atoms with Crippen molar-refractivity contribution < 1.29 is 4.52 Å². The van der Waals surface area contributed by atoms with Crippen LogP contribution in [0.25, 0.3) is 0 Å². The maximum absolute atomic E-state index is 6.26. The van der Waals surface area contributed by atoms with E-state index in [-0.39, 0.29) is 0 Å². The molecule has 3 nitrogen and oxygen atoms in total. The van der Waals surface area contributed by atoms with Gasteiger partial charge in [0.05, 0.1) is 5.69 Å². The van der Waals surface area contributed by atoms with Crippen LogP contribution in [0.15, 0.2) is 28.8 Å². The molecule has 2 aromatic rings. The summed E-state index contributed by atoms with van der Waals surface area (Å²) in [5.74, 6) is 1.25. The molecule has 1 aromatic heterocycles. The summed E-state index contributed by atoms with van der Waals surface area (Å²) in [6.45, 7) is 0. The lowest BCUT2D eigenvalue weighted by Crippen LogP contribution is -2.13. The number of hydrogen-bond acceptors (Lipinski definition) is 3. The molecule has 1 atom stereocenters. The second-order valence-corrected chi connectivity index (χ2v) is 5.06. The van der Waals surface area contributed by atoms with Gasteiger partial charge in [0.1, 0.15) is 0 Å². The predicted molar refractivity (Wildman–Crippen MR) is 72.3 cm³/mol. The molecule has 0 radical (unpaired) electrons. The van der Waals surface area contributed by atoms with E-state index in [0.717, 1.165) is 35.9 Å². The summed E-state index contributed by atoms with van der Waals surface area (Å²) in [5, 5.41) is 8.05. The maximum Gasteiger partial charge on any atom is 0.227 e. The minimum Gasteiger partial charge on any atom is -0.357 e. The van der Waals surface area contributed by atoms with Crippen molar-refractivity contribution in [3.8, 4) is 0 Å². The molecule has 1 aromatic carbocycles. The maximum atomic E-state index is 6.26. The average molecular weight is 263 g/mol. The molecule has 0 spiro atoms. The highest BCUT2D eigenvalue weighted by Crippen LogP contribution is 2.37. The highest BCUT2D eigenvalue weighted by molar-refractivity contribution is 6.31. The Morgan fingerprint density at radius 2 is 2.22 bits per heavy atom.